The third-order valence-electron chi connectivity index (χ3n) is 4.32. The van der Waals surface area contributed by atoms with Crippen molar-refractivity contribution in [2.75, 3.05) is 5.75 Å². The number of hydrogen-bond acceptors (Lipinski definition) is 8. The Labute approximate surface area is 189 Å². The summed E-state index contributed by atoms with van der Waals surface area (Å²) in [5.74, 6) is -4.57. The predicted octanol–water partition coefficient (Wildman–Crippen LogP) is -2.37. The van der Waals surface area contributed by atoms with Crippen molar-refractivity contribution in [2.45, 2.75) is 43.9 Å². The lowest BCUT2D eigenvalue weighted by atomic mass is 10.0. The highest BCUT2D eigenvalue weighted by molar-refractivity contribution is 7.80. The van der Waals surface area contributed by atoms with E-state index in [0.717, 1.165) is 0 Å². The van der Waals surface area contributed by atoms with Crippen molar-refractivity contribution in [1.82, 2.24) is 16.0 Å². The van der Waals surface area contributed by atoms with Gasteiger partial charge in [-0.1, -0.05) is 12.1 Å². The van der Waals surface area contributed by atoms with Gasteiger partial charge in [0.1, 0.15) is 23.9 Å². The molecule has 1 aromatic rings. The van der Waals surface area contributed by atoms with Crippen LogP contribution in [-0.2, 0) is 30.4 Å². The number of aromatic hydroxyl groups is 1. The molecule has 32 heavy (non-hydrogen) atoms. The third kappa shape index (κ3) is 8.81. The Hall–Kier alpha value is -3.32. The molecule has 9 N–H and O–H groups in total. The normalized spacial score (nSPS) is 14.3. The van der Waals surface area contributed by atoms with Crippen LogP contribution in [0.1, 0.15) is 18.9 Å². The Morgan fingerprint density at radius 1 is 0.969 bits per heavy atom. The van der Waals surface area contributed by atoms with E-state index in [0.29, 0.717) is 5.56 Å². The van der Waals surface area contributed by atoms with Gasteiger partial charge in [-0.25, -0.2) is 4.79 Å². The zero-order valence-electron chi connectivity index (χ0n) is 17.3. The summed E-state index contributed by atoms with van der Waals surface area (Å²) in [7, 11) is 0. The fourth-order valence-corrected chi connectivity index (χ4v) is 2.77. The van der Waals surface area contributed by atoms with Crippen molar-refractivity contribution >= 4 is 42.2 Å². The van der Waals surface area contributed by atoms with Crippen molar-refractivity contribution < 1.29 is 34.2 Å². The summed E-state index contributed by atoms with van der Waals surface area (Å²) in [6, 6.07) is 0.987. The minimum absolute atomic E-state index is 0.00318. The molecule has 12 nitrogen and oxygen atoms in total. The minimum atomic E-state index is -1.30. The van der Waals surface area contributed by atoms with Crippen LogP contribution in [0.5, 0.6) is 5.75 Å². The molecule has 0 aliphatic rings. The SMILES string of the molecule is CC(NC(=O)C(N)CC(N)=O)C(=O)NC(Cc1ccc(O)cc1)C(=O)NC(CS)C(=O)O. The van der Waals surface area contributed by atoms with E-state index >= 15 is 0 Å². The summed E-state index contributed by atoms with van der Waals surface area (Å²) in [4.78, 5) is 59.3. The molecular formula is C19H27N5O7S. The van der Waals surface area contributed by atoms with Crippen LogP contribution in [0.15, 0.2) is 24.3 Å². The van der Waals surface area contributed by atoms with Gasteiger partial charge in [0.2, 0.25) is 23.6 Å². The van der Waals surface area contributed by atoms with Crippen LogP contribution in [0, 0.1) is 0 Å². The first-order valence-electron chi connectivity index (χ1n) is 9.51. The van der Waals surface area contributed by atoms with Crippen molar-refractivity contribution in [3.05, 3.63) is 29.8 Å². The van der Waals surface area contributed by atoms with Gasteiger partial charge in [0.25, 0.3) is 0 Å². The second-order valence-electron chi connectivity index (χ2n) is 7.02. The molecule has 0 fully saturated rings. The molecule has 1 aromatic carbocycles. The molecule has 0 aromatic heterocycles. The van der Waals surface area contributed by atoms with Crippen molar-refractivity contribution in [2.24, 2.45) is 11.5 Å². The van der Waals surface area contributed by atoms with E-state index in [1.807, 2.05) is 0 Å². The summed E-state index contributed by atoms with van der Waals surface area (Å²) >= 11 is 3.89. The summed E-state index contributed by atoms with van der Waals surface area (Å²) in [5, 5.41) is 25.6. The summed E-state index contributed by atoms with van der Waals surface area (Å²) < 4.78 is 0. The maximum absolute atomic E-state index is 12.7. The van der Waals surface area contributed by atoms with E-state index in [1.54, 1.807) is 0 Å². The monoisotopic (exact) mass is 469 g/mol. The summed E-state index contributed by atoms with van der Waals surface area (Å²) in [5.41, 5.74) is 11.1. The van der Waals surface area contributed by atoms with Crippen LogP contribution in [0.2, 0.25) is 0 Å². The van der Waals surface area contributed by atoms with Gasteiger partial charge in [-0.3, -0.25) is 19.2 Å². The number of carbonyl (C=O) groups excluding carboxylic acids is 4. The number of nitrogens with two attached hydrogens (primary N) is 2. The first-order valence-corrected chi connectivity index (χ1v) is 10.1. The highest BCUT2D eigenvalue weighted by atomic mass is 32.1. The molecule has 4 atom stereocenters. The highest BCUT2D eigenvalue weighted by Gasteiger charge is 2.28. The number of hydrogen-bond donors (Lipinski definition) is 8. The molecule has 0 heterocycles. The van der Waals surface area contributed by atoms with E-state index in [-0.39, 0.29) is 17.9 Å². The van der Waals surface area contributed by atoms with Gasteiger partial charge in [0.05, 0.1) is 12.5 Å². The fraction of sp³-hybridized carbons (Fsp3) is 0.421. The number of amides is 4. The maximum atomic E-state index is 12.7. The van der Waals surface area contributed by atoms with E-state index in [1.165, 1.54) is 31.2 Å². The van der Waals surface area contributed by atoms with Gasteiger partial charge < -0.3 is 37.6 Å². The number of phenolic OH excluding ortho intramolecular Hbond substituents is 1. The Balaban J connectivity index is 2.93. The van der Waals surface area contributed by atoms with Crippen molar-refractivity contribution in [3.8, 4) is 5.75 Å². The molecular weight excluding hydrogens is 442 g/mol. The Morgan fingerprint density at radius 2 is 1.53 bits per heavy atom. The molecule has 1 rings (SSSR count). The lowest BCUT2D eigenvalue weighted by Crippen LogP contribution is -2.57. The Kier molecular flexibility index (Phi) is 10.4. The number of nitrogens with one attached hydrogen (secondary N) is 3. The molecule has 0 saturated heterocycles. The van der Waals surface area contributed by atoms with E-state index in [2.05, 4.69) is 28.6 Å². The molecule has 13 heteroatoms. The van der Waals surface area contributed by atoms with Gasteiger partial charge in [0.15, 0.2) is 0 Å². The van der Waals surface area contributed by atoms with Crippen LogP contribution in [0.3, 0.4) is 0 Å². The molecule has 0 bridgehead atoms. The van der Waals surface area contributed by atoms with E-state index in [9.17, 15) is 29.1 Å². The highest BCUT2D eigenvalue weighted by Crippen LogP contribution is 2.12. The standard InChI is InChI=1S/C19H27N5O7S/c1-9(22-17(28)12(20)7-15(21)26)16(27)23-13(6-10-2-4-11(25)5-3-10)18(29)24-14(8-32)19(30)31/h2-5,9,12-14,25,32H,6-8,20H2,1H3,(H2,21,26)(H,22,28)(H,23,27)(H,24,29)(H,30,31). The van der Waals surface area contributed by atoms with Crippen LogP contribution in [0.4, 0.5) is 0 Å². The molecule has 4 amide bonds. The number of carbonyl (C=O) groups is 5. The molecule has 0 aliphatic carbocycles. The number of phenols is 1. The number of benzene rings is 1. The lowest BCUT2D eigenvalue weighted by molar-refractivity contribution is -0.141. The second-order valence-corrected chi connectivity index (χ2v) is 7.39. The average Bonchev–Trinajstić information content (AvgIpc) is 2.71. The molecule has 0 saturated carbocycles. The van der Waals surface area contributed by atoms with E-state index in [4.69, 9.17) is 16.6 Å². The lowest BCUT2D eigenvalue weighted by Gasteiger charge is -2.23. The van der Waals surface area contributed by atoms with Crippen molar-refractivity contribution in [1.29, 1.82) is 0 Å². The zero-order chi connectivity index (χ0) is 24.4. The van der Waals surface area contributed by atoms with Crippen LogP contribution < -0.4 is 27.4 Å². The maximum Gasteiger partial charge on any atom is 0.327 e. The van der Waals surface area contributed by atoms with E-state index < -0.39 is 60.2 Å². The quantitative estimate of drug-likeness (QED) is 0.154. The van der Waals surface area contributed by atoms with Gasteiger partial charge in [0, 0.05) is 12.2 Å². The second kappa shape index (κ2) is 12.5. The first-order chi connectivity index (χ1) is 14.9. The number of rotatable bonds is 12. The molecule has 176 valence electrons. The Bertz CT molecular complexity index is 849. The number of carboxylic acid groups (broad SMARTS) is 1. The van der Waals surface area contributed by atoms with Gasteiger partial charge in [-0.2, -0.15) is 12.6 Å². The zero-order valence-corrected chi connectivity index (χ0v) is 18.2. The summed E-state index contributed by atoms with van der Waals surface area (Å²) in [6.07, 6.45) is -0.440. The number of primary amides is 1. The topological polar surface area (TPSA) is 214 Å². The van der Waals surface area contributed by atoms with Gasteiger partial charge >= 0.3 is 5.97 Å². The molecule has 4 unspecified atom stereocenters. The number of thiol groups is 1. The average molecular weight is 470 g/mol. The first kappa shape index (κ1) is 26.7. The van der Waals surface area contributed by atoms with Gasteiger partial charge in [-0.05, 0) is 24.6 Å². The molecule has 0 radical (unpaired) electrons. The fourth-order valence-electron chi connectivity index (χ4n) is 2.53. The van der Waals surface area contributed by atoms with Crippen LogP contribution >= 0.6 is 12.6 Å². The largest absolute Gasteiger partial charge is 0.508 e. The Morgan fingerprint density at radius 3 is 2.03 bits per heavy atom. The number of aliphatic carboxylic acids is 1. The van der Waals surface area contributed by atoms with Gasteiger partial charge in [-0.15, -0.1) is 0 Å². The van der Waals surface area contributed by atoms with Crippen LogP contribution in [0.25, 0.3) is 0 Å². The molecule has 0 aliphatic heterocycles. The van der Waals surface area contributed by atoms with Crippen molar-refractivity contribution in [3.63, 3.8) is 0 Å². The predicted molar refractivity (Wildman–Crippen MR) is 117 cm³/mol. The smallest absolute Gasteiger partial charge is 0.327 e. The van der Waals surface area contributed by atoms with Crippen LogP contribution in [-0.4, -0.2) is 69.7 Å². The minimum Gasteiger partial charge on any atom is -0.508 e. The molecule has 0 spiro atoms. The third-order valence-corrected chi connectivity index (χ3v) is 4.68. The number of carboxylic acids is 1. The summed E-state index contributed by atoms with van der Waals surface area (Å²) in [6.45, 7) is 1.34.